The molecular weight excluding hydrogens is 234 g/mol. The zero-order chi connectivity index (χ0) is 13.8. The monoisotopic (exact) mass is 263 g/mol. The Morgan fingerprint density at radius 1 is 1.37 bits per heavy atom. The van der Waals surface area contributed by atoms with Crippen molar-refractivity contribution in [1.29, 1.82) is 0 Å². The maximum Gasteiger partial charge on any atom is 0.0628 e. The van der Waals surface area contributed by atoms with E-state index in [2.05, 4.69) is 37.7 Å². The van der Waals surface area contributed by atoms with Crippen LogP contribution < -0.4 is 5.73 Å². The minimum Gasteiger partial charge on any atom is -0.327 e. The van der Waals surface area contributed by atoms with E-state index in [1.54, 1.807) is 0 Å². The molecule has 0 bridgehead atoms. The van der Waals surface area contributed by atoms with Crippen LogP contribution in [0.25, 0.3) is 0 Å². The van der Waals surface area contributed by atoms with Gasteiger partial charge in [-0.1, -0.05) is 20.8 Å². The molecule has 1 aliphatic carbocycles. The van der Waals surface area contributed by atoms with Crippen LogP contribution in [0.15, 0.2) is 12.3 Å². The van der Waals surface area contributed by atoms with E-state index in [4.69, 9.17) is 10.8 Å². The van der Waals surface area contributed by atoms with E-state index in [0.29, 0.717) is 18.0 Å². The number of nitrogens with zero attached hydrogens (tertiary/aromatic N) is 2. The maximum absolute atomic E-state index is 6.27. The average molecular weight is 263 g/mol. The lowest BCUT2D eigenvalue weighted by Crippen LogP contribution is -2.36. The summed E-state index contributed by atoms with van der Waals surface area (Å²) in [4.78, 5) is 0. The van der Waals surface area contributed by atoms with Gasteiger partial charge in [-0.2, -0.15) is 5.10 Å². The molecular formula is C16H29N3. The van der Waals surface area contributed by atoms with Crippen LogP contribution in [-0.4, -0.2) is 15.8 Å². The van der Waals surface area contributed by atoms with E-state index < -0.39 is 0 Å². The standard InChI is InChI=1S/C16H29N3/c1-4-15(5-2)19-9-8-14(18-19)11-13-10-12(3)6-7-16(13)17/h8-9,12-13,15-16H,4-7,10-11,17H2,1-3H3. The van der Waals surface area contributed by atoms with Crippen molar-refractivity contribution in [2.24, 2.45) is 17.6 Å². The van der Waals surface area contributed by atoms with Gasteiger partial charge in [0.05, 0.1) is 11.7 Å². The molecule has 3 atom stereocenters. The van der Waals surface area contributed by atoms with E-state index >= 15 is 0 Å². The second-order valence-electron chi connectivity index (χ2n) is 6.30. The van der Waals surface area contributed by atoms with Gasteiger partial charge in [0.15, 0.2) is 0 Å². The van der Waals surface area contributed by atoms with Crippen molar-refractivity contribution in [3.63, 3.8) is 0 Å². The largest absolute Gasteiger partial charge is 0.327 e. The summed E-state index contributed by atoms with van der Waals surface area (Å²) in [7, 11) is 0. The van der Waals surface area contributed by atoms with Gasteiger partial charge in [-0.05, 0) is 56.4 Å². The van der Waals surface area contributed by atoms with E-state index in [-0.39, 0.29) is 0 Å². The molecule has 1 aliphatic rings. The lowest BCUT2D eigenvalue weighted by atomic mass is 9.77. The highest BCUT2D eigenvalue weighted by Gasteiger charge is 2.26. The first-order chi connectivity index (χ1) is 9.13. The second-order valence-corrected chi connectivity index (χ2v) is 6.30. The van der Waals surface area contributed by atoms with Crippen molar-refractivity contribution in [2.75, 3.05) is 0 Å². The molecule has 1 aromatic heterocycles. The van der Waals surface area contributed by atoms with Crippen LogP contribution in [0.1, 0.15) is 64.6 Å². The molecule has 0 aliphatic heterocycles. The zero-order valence-electron chi connectivity index (χ0n) is 12.7. The second kappa shape index (κ2) is 6.56. The lowest BCUT2D eigenvalue weighted by molar-refractivity contribution is 0.242. The third kappa shape index (κ3) is 3.59. The highest BCUT2D eigenvalue weighted by Crippen LogP contribution is 2.30. The van der Waals surface area contributed by atoms with Crippen LogP contribution in [0, 0.1) is 11.8 Å². The zero-order valence-corrected chi connectivity index (χ0v) is 12.7. The predicted octanol–water partition coefficient (Wildman–Crippen LogP) is 3.55. The quantitative estimate of drug-likeness (QED) is 0.883. The topological polar surface area (TPSA) is 43.8 Å². The summed E-state index contributed by atoms with van der Waals surface area (Å²) in [5, 5.41) is 4.77. The third-order valence-electron chi connectivity index (χ3n) is 4.75. The fourth-order valence-electron chi connectivity index (χ4n) is 3.38. The van der Waals surface area contributed by atoms with E-state index in [1.807, 2.05) is 0 Å². The molecule has 1 aromatic rings. The Kier molecular flexibility index (Phi) is 5.03. The van der Waals surface area contributed by atoms with Gasteiger partial charge in [0.25, 0.3) is 0 Å². The van der Waals surface area contributed by atoms with Crippen LogP contribution in [0.4, 0.5) is 0 Å². The highest BCUT2D eigenvalue weighted by molar-refractivity contribution is 5.03. The molecule has 2 rings (SSSR count). The van der Waals surface area contributed by atoms with Crippen molar-refractivity contribution in [3.05, 3.63) is 18.0 Å². The Labute approximate surface area is 117 Å². The van der Waals surface area contributed by atoms with Gasteiger partial charge in [0.1, 0.15) is 0 Å². The summed E-state index contributed by atoms with van der Waals surface area (Å²) in [6.45, 7) is 6.81. The van der Waals surface area contributed by atoms with Gasteiger partial charge in [0, 0.05) is 12.2 Å². The van der Waals surface area contributed by atoms with Gasteiger partial charge < -0.3 is 5.73 Å². The van der Waals surface area contributed by atoms with Gasteiger partial charge in [-0.15, -0.1) is 0 Å². The van der Waals surface area contributed by atoms with Gasteiger partial charge in [-0.25, -0.2) is 0 Å². The third-order valence-corrected chi connectivity index (χ3v) is 4.75. The number of hydrogen-bond donors (Lipinski definition) is 1. The molecule has 0 radical (unpaired) electrons. The summed E-state index contributed by atoms with van der Waals surface area (Å²) in [5.74, 6) is 1.44. The van der Waals surface area contributed by atoms with E-state index in [0.717, 1.165) is 25.2 Å². The number of nitrogens with two attached hydrogens (primary N) is 1. The van der Waals surface area contributed by atoms with Crippen molar-refractivity contribution >= 4 is 0 Å². The van der Waals surface area contributed by atoms with Crippen molar-refractivity contribution in [2.45, 2.75) is 71.4 Å². The van der Waals surface area contributed by atoms with Crippen molar-refractivity contribution in [1.82, 2.24) is 9.78 Å². The smallest absolute Gasteiger partial charge is 0.0628 e. The Hall–Kier alpha value is -0.830. The van der Waals surface area contributed by atoms with Crippen LogP contribution in [0.5, 0.6) is 0 Å². The molecule has 3 heteroatoms. The molecule has 1 heterocycles. The number of hydrogen-bond acceptors (Lipinski definition) is 2. The molecule has 0 spiro atoms. The number of rotatable bonds is 5. The van der Waals surface area contributed by atoms with E-state index in [1.165, 1.54) is 25.0 Å². The van der Waals surface area contributed by atoms with Crippen LogP contribution in [0.3, 0.4) is 0 Å². The van der Waals surface area contributed by atoms with Crippen molar-refractivity contribution in [3.8, 4) is 0 Å². The maximum atomic E-state index is 6.27. The first kappa shape index (κ1) is 14.6. The predicted molar refractivity (Wildman–Crippen MR) is 80.0 cm³/mol. The van der Waals surface area contributed by atoms with E-state index in [9.17, 15) is 0 Å². The molecule has 3 unspecified atom stereocenters. The average Bonchev–Trinajstić information content (AvgIpc) is 2.84. The minimum atomic E-state index is 0.370. The highest BCUT2D eigenvalue weighted by atomic mass is 15.3. The summed E-state index contributed by atoms with van der Waals surface area (Å²) in [6, 6.07) is 3.10. The first-order valence-corrected chi connectivity index (χ1v) is 7.93. The van der Waals surface area contributed by atoms with Crippen LogP contribution in [-0.2, 0) is 6.42 Å². The van der Waals surface area contributed by atoms with Gasteiger partial charge >= 0.3 is 0 Å². The number of aromatic nitrogens is 2. The Bertz CT molecular complexity index is 381. The SMILES string of the molecule is CCC(CC)n1ccc(CC2CC(C)CCC2N)n1. The summed E-state index contributed by atoms with van der Waals surface area (Å²) in [5.41, 5.74) is 7.50. The lowest BCUT2D eigenvalue weighted by Gasteiger charge is -2.32. The molecule has 1 saturated carbocycles. The summed E-state index contributed by atoms with van der Waals surface area (Å²) < 4.78 is 2.15. The molecule has 1 fully saturated rings. The molecule has 19 heavy (non-hydrogen) atoms. The summed E-state index contributed by atoms with van der Waals surface area (Å²) in [6.07, 6.45) is 9.23. The molecule has 108 valence electrons. The fourth-order valence-corrected chi connectivity index (χ4v) is 3.38. The Morgan fingerprint density at radius 3 is 2.79 bits per heavy atom. The molecule has 0 saturated heterocycles. The van der Waals surface area contributed by atoms with Crippen LogP contribution >= 0.6 is 0 Å². The Morgan fingerprint density at radius 2 is 2.11 bits per heavy atom. The van der Waals surface area contributed by atoms with Gasteiger partial charge in [-0.3, -0.25) is 4.68 Å². The summed E-state index contributed by atoms with van der Waals surface area (Å²) >= 11 is 0. The molecule has 2 N–H and O–H groups in total. The fraction of sp³-hybridized carbons (Fsp3) is 0.812. The molecule has 0 amide bonds. The normalized spacial score (nSPS) is 27.9. The molecule has 0 aromatic carbocycles. The Balaban J connectivity index is 1.99. The van der Waals surface area contributed by atoms with Crippen molar-refractivity contribution < 1.29 is 0 Å². The first-order valence-electron chi connectivity index (χ1n) is 7.93. The van der Waals surface area contributed by atoms with Crippen LogP contribution in [0.2, 0.25) is 0 Å². The minimum absolute atomic E-state index is 0.370. The molecule has 3 nitrogen and oxygen atoms in total. The van der Waals surface area contributed by atoms with Gasteiger partial charge in [0.2, 0.25) is 0 Å².